The number of methoxy groups -OCH3 is 2. The number of sulfonamides is 1. The molecule has 0 aliphatic carbocycles. The SMILES string of the molecule is COc1ccc(CNS(=O)(=O)CCc2ccc(Br)cc2)c(OC)c1. The van der Waals surface area contributed by atoms with Gasteiger partial charge in [-0.3, -0.25) is 0 Å². The van der Waals surface area contributed by atoms with E-state index in [-0.39, 0.29) is 12.3 Å². The van der Waals surface area contributed by atoms with Crippen LogP contribution < -0.4 is 14.2 Å². The maximum atomic E-state index is 12.2. The molecule has 0 aliphatic rings. The molecule has 0 saturated carbocycles. The first-order valence-electron chi connectivity index (χ1n) is 7.36. The largest absolute Gasteiger partial charge is 0.497 e. The average molecular weight is 414 g/mol. The van der Waals surface area contributed by atoms with E-state index in [2.05, 4.69) is 20.7 Å². The predicted molar refractivity (Wildman–Crippen MR) is 98.0 cm³/mol. The van der Waals surface area contributed by atoms with Crippen molar-refractivity contribution >= 4 is 26.0 Å². The van der Waals surface area contributed by atoms with E-state index >= 15 is 0 Å². The summed E-state index contributed by atoms with van der Waals surface area (Å²) in [4.78, 5) is 0. The van der Waals surface area contributed by atoms with E-state index < -0.39 is 10.0 Å². The molecule has 0 unspecified atom stereocenters. The van der Waals surface area contributed by atoms with Gasteiger partial charge in [-0.15, -0.1) is 0 Å². The van der Waals surface area contributed by atoms with Crippen LogP contribution in [0.15, 0.2) is 46.9 Å². The summed E-state index contributed by atoms with van der Waals surface area (Å²) in [7, 11) is -0.267. The normalized spacial score (nSPS) is 11.3. The minimum absolute atomic E-state index is 0.0348. The predicted octanol–water partition coefficient (Wildman–Crippen LogP) is 3.13. The van der Waals surface area contributed by atoms with Crippen LogP contribution in [-0.4, -0.2) is 28.4 Å². The number of hydrogen-bond donors (Lipinski definition) is 1. The van der Waals surface area contributed by atoms with Gasteiger partial charge in [-0.25, -0.2) is 13.1 Å². The van der Waals surface area contributed by atoms with Crippen molar-refractivity contribution in [2.24, 2.45) is 0 Å². The van der Waals surface area contributed by atoms with E-state index in [0.29, 0.717) is 17.9 Å². The minimum atomic E-state index is -3.38. The Hall–Kier alpha value is -1.57. The fourth-order valence-electron chi connectivity index (χ4n) is 2.16. The third-order valence-corrected chi connectivity index (χ3v) is 5.40. The lowest BCUT2D eigenvalue weighted by Crippen LogP contribution is -2.27. The van der Waals surface area contributed by atoms with Gasteiger partial charge in [0.05, 0.1) is 20.0 Å². The molecule has 0 spiro atoms. The zero-order valence-corrected chi connectivity index (χ0v) is 16.0. The highest BCUT2D eigenvalue weighted by molar-refractivity contribution is 9.10. The molecule has 2 rings (SSSR count). The van der Waals surface area contributed by atoms with Crippen molar-refractivity contribution in [3.05, 3.63) is 58.1 Å². The zero-order valence-electron chi connectivity index (χ0n) is 13.6. The molecule has 0 saturated heterocycles. The van der Waals surface area contributed by atoms with Crippen LogP contribution in [0.25, 0.3) is 0 Å². The molecule has 1 N–H and O–H groups in total. The summed E-state index contributed by atoms with van der Waals surface area (Å²) >= 11 is 3.36. The molecule has 2 aromatic rings. The lowest BCUT2D eigenvalue weighted by Gasteiger charge is -2.12. The fourth-order valence-corrected chi connectivity index (χ4v) is 3.45. The zero-order chi connectivity index (χ0) is 17.6. The monoisotopic (exact) mass is 413 g/mol. The van der Waals surface area contributed by atoms with Crippen LogP contribution in [0.2, 0.25) is 0 Å². The summed E-state index contributed by atoms with van der Waals surface area (Å²) in [5, 5.41) is 0. The molecule has 0 aromatic heterocycles. The first-order valence-corrected chi connectivity index (χ1v) is 9.81. The molecular formula is C17H20BrNO4S. The summed E-state index contributed by atoms with van der Waals surface area (Å²) in [6.07, 6.45) is 0.461. The molecule has 0 radical (unpaired) electrons. The van der Waals surface area contributed by atoms with E-state index in [1.165, 1.54) is 0 Å². The van der Waals surface area contributed by atoms with Crippen molar-refractivity contribution in [2.75, 3.05) is 20.0 Å². The lowest BCUT2D eigenvalue weighted by atomic mass is 10.2. The smallest absolute Gasteiger partial charge is 0.212 e. The number of rotatable bonds is 8. The summed E-state index contributed by atoms with van der Waals surface area (Å²) in [6.45, 7) is 0.176. The van der Waals surface area contributed by atoms with Gasteiger partial charge in [0.2, 0.25) is 10.0 Å². The highest BCUT2D eigenvalue weighted by Gasteiger charge is 2.12. The Morgan fingerprint density at radius 3 is 2.38 bits per heavy atom. The van der Waals surface area contributed by atoms with Crippen molar-refractivity contribution in [1.29, 1.82) is 0 Å². The third-order valence-electron chi connectivity index (χ3n) is 3.55. The molecule has 0 amide bonds. The Kier molecular flexibility index (Phi) is 6.65. The molecule has 0 atom stereocenters. The number of ether oxygens (including phenoxy) is 2. The van der Waals surface area contributed by atoms with Crippen LogP contribution in [0.4, 0.5) is 0 Å². The first kappa shape index (κ1) is 18.8. The molecule has 7 heteroatoms. The molecular weight excluding hydrogens is 394 g/mol. The Morgan fingerprint density at radius 1 is 1.04 bits per heavy atom. The van der Waals surface area contributed by atoms with Crippen molar-refractivity contribution in [2.45, 2.75) is 13.0 Å². The Morgan fingerprint density at radius 2 is 1.75 bits per heavy atom. The average Bonchev–Trinajstić information content (AvgIpc) is 2.59. The number of benzene rings is 2. The molecule has 2 aromatic carbocycles. The van der Waals surface area contributed by atoms with Crippen molar-refractivity contribution in [3.8, 4) is 11.5 Å². The Bertz CT molecular complexity index is 776. The van der Waals surface area contributed by atoms with Crippen LogP contribution >= 0.6 is 15.9 Å². The van der Waals surface area contributed by atoms with E-state index in [4.69, 9.17) is 9.47 Å². The van der Waals surface area contributed by atoms with E-state index in [0.717, 1.165) is 15.6 Å². The van der Waals surface area contributed by atoms with Gasteiger partial charge in [0.25, 0.3) is 0 Å². The summed E-state index contributed by atoms with van der Waals surface area (Å²) in [5.74, 6) is 1.28. The van der Waals surface area contributed by atoms with Crippen molar-refractivity contribution in [3.63, 3.8) is 0 Å². The van der Waals surface area contributed by atoms with E-state index in [1.54, 1.807) is 32.4 Å². The summed E-state index contributed by atoms with van der Waals surface area (Å²) < 4.78 is 38.3. The number of aryl methyl sites for hydroxylation is 1. The van der Waals surface area contributed by atoms with Gasteiger partial charge in [-0.05, 0) is 30.2 Å². The van der Waals surface area contributed by atoms with Gasteiger partial charge < -0.3 is 9.47 Å². The number of halogens is 1. The molecule has 24 heavy (non-hydrogen) atoms. The summed E-state index contributed by atoms with van der Waals surface area (Å²) in [6, 6.07) is 12.9. The molecule has 0 heterocycles. The topological polar surface area (TPSA) is 64.6 Å². The first-order chi connectivity index (χ1) is 11.4. The van der Waals surface area contributed by atoms with E-state index in [1.807, 2.05) is 24.3 Å². The number of hydrogen-bond acceptors (Lipinski definition) is 4. The third kappa shape index (κ3) is 5.51. The highest BCUT2D eigenvalue weighted by Crippen LogP contribution is 2.24. The van der Waals surface area contributed by atoms with E-state index in [9.17, 15) is 8.42 Å². The van der Waals surface area contributed by atoms with Crippen LogP contribution in [0.1, 0.15) is 11.1 Å². The lowest BCUT2D eigenvalue weighted by molar-refractivity contribution is 0.390. The highest BCUT2D eigenvalue weighted by atomic mass is 79.9. The van der Waals surface area contributed by atoms with Crippen LogP contribution in [0.5, 0.6) is 11.5 Å². The maximum Gasteiger partial charge on any atom is 0.212 e. The quantitative estimate of drug-likeness (QED) is 0.721. The second-order valence-electron chi connectivity index (χ2n) is 5.19. The second kappa shape index (κ2) is 8.50. The standard InChI is InChI=1S/C17H20BrNO4S/c1-22-16-8-5-14(17(11-16)23-2)12-19-24(20,21)10-9-13-3-6-15(18)7-4-13/h3-8,11,19H,9-10,12H2,1-2H3. The molecule has 0 aliphatic heterocycles. The van der Waals surface area contributed by atoms with Crippen LogP contribution in [0, 0.1) is 0 Å². The van der Waals surface area contributed by atoms with Gasteiger partial charge in [0.15, 0.2) is 0 Å². The maximum absolute atomic E-state index is 12.2. The van der Waals surface area contributed by atoms with Crippen molar-refractivity contribution in [1.82, 2.24) is 4.72 Å². The van der Waals surface area contributed by atoms with Gasteiger partial charge in [-0.1, -0.05) is 34.1 Å². The fraction of sp³-hybridized carbons (Fsp3) is 0.294. The minimum Gasteiger partial charge on any atom is -0.497 e. The molecule has 0 bridgehead atoms. The van der Waals surface area contributed by atoms with Crippen molar-refractivity contribution < 1.29 is 17.9 Å². The summed E-state index contributed by atoms with van der Waals surface area (Å²) in [5.41, 5.74) is 1.73. The Labute approximate surface area is 151 Å². The second-order valence-corrected chi connectivity index (χ2v) is 8.04. The van der Waals surface area contributed by atoms with Gasteiger partial charge in [0.1, 0.15) is 11.5 Å². The van der Waals surface area contributed by atoms with Crippen LogP contribution in [-0.2, 0) is 23.0 Å². The van der Waals surface area contributed by atoms with Crippen LogP contribution in [0.3, 0.4) is 0 Å². The number of nitrogens with one attached hydrogen (secondary N) is 1. The van der Waals surface area contributed by atoms with Gasteiger partial charge >= 0.3 is 0 Å². The van der Waals surface area contributed by atoms with Gasteiger partial charge in [-0.2, -0.15) is 0 Å². The Balaban J connectivity index is 1.96. The van der Waals surface area contributed by atoms with Gasteiger partial charge in [0, 0.05) is 22.6 Å². The molecule has 0 fully saturated rings. The molecule has 130 valence electrons. The molecule has 5 nitrogen and oxygen atoms in total.